The third kappa shape index (κ3) is 2.25. The lowest BCUT2D eigenvalue weighted by Gasteiger charge is -2.45. The summed E-state index contributed by atoms with van der Waals surface area (Å²) in [6.45, 7) is 7.77. The molecule has 5 rings (SSSR count). The predicted molar refractivity (Wildman–Crippen MR) is 83.4 cm³/mol. The first kappa shape index (κ1) is 13.0. The molecule has 5 heterocycles. The molecule has 1 atom stereocenters. The molecule has 2 aromatic rings. The predicted octanol–water partition coefficient (Wildman–Crippen LogP) is 2.15. The van der Waals surface area contributed by atoms with Gasteiger partial charge in [0.15, 0.2) is 5.65 Å². The fourth-order valence-electron chi connectivity index (χ4n) is 3.82. The first-order chi connectivity index (χ1) is 10.2. The van der Waals surface area contributed by atoms with E-state index in [1.165, 1.54) is 31.5 Å². The van der Waals surface area contributed by atoms with Crippen LogP contribution in [0.25, 0.3) is 11.0 Å². The van der Waals surface area contributed by atoms with Crippen LogP contribution in [0.15, 0.2) is 12.4 Å². The lowest BCUT2D eigenvalue weighted by Crippen LogP contribution is -2.53. The van der Waals surface area contributed by atoms with Crippen molar-refractivity contribution in [3.8, 4) is 0 Å². The number of anilines is 1. The van der Waals surface area contributed by atoms with Crippen molar-refractivity contribution in [2.45, 2.75) is 32.7 Å². The van der Waals surface area contributed by atoms with Crippen LogP contribution >= 0.6 is 0 Å². The highest BCUT2D eigenvalue weighted by atomic mass is 15.2. The molecule has 21 heavy (non-hydrogen) atoms. The van der Waals surface area contributed by atoms with Crippen LogP contribution in [0.5, 0.6) is 0 Å². The molecule has 1 N–H and O–H groups in total. The van der Waals surface area contributed by atoms with E-state index >= 15 is 0 Å². The summed E-state index contributed by atoms with van der Waals surface area (Å²) >= 11 is 0. The fourth-order valence-corrected chi connectivity index (χ4v) is 3.82. The lowest BCUT2D eigenvalue weighted by atomic mass is 9.84. The summed E-state index contributed by atoms with van der Waals surface area (Å²) in [6, 6.07) is 2.61. The van der Waals surface area contributed by atoms with Gasteiger partial charge < -0.3 is 10.2 Å². The summed E-state index contributed by atoms with van der Waals surface area (Å²) in [4.78, 5) is 15.9. The summed E-state index contributed by atoms with van der Waals surface area (Å²) in [5, 5.41) is 4.75. The average Bonchev–Trinajstić information content (AvgIpc) is 2.48. The van der Waals surface area contributed by atoms with Gasteiger partial charge in [-0.15, -0.1) is 0 Å². The van der Waals surface area contributed by atoms with Crippen LogP contribution in [0.3, 0.4) is 0 Å². The van der Waals surface area contributed by atoms with E-state index in [9.17, 15) is 0 Å². The smallest absolute Gasteiger partial charge is 0.165 e. The SMILES string of the molecule is Cc1cc(C)c2c(N[C@@H]3CN4CCC3CC4)ncnc2n1. The summed E-state index contributed by atoms with van der Waals surface area (Å²) in [6.07, 6.45) is 4.23. The van der Waals surface area contributed by atoms with Gasteiger partial charge in [0.2, 0.25) is 0 Å². The quantitative estimate of drug-likeness (QED) is 0.915. The maximum absolute atomic E-state index is 4.54. The highest BCUT2D eigenvalue weighted by Gasteiger charge is 2.34. The number of nitrogens with zero attached hydrogens (tertiary/aromatic N) is 4. The molecule has 2 bridgehead atoms. The second kappa shape index (κ2) is 4.91. The molecule has 0 radical (unpaired) electrons. The minimum Gasteiger partial charge on any atom is -0.365 e. The Labute approximate surface area is 124 Å². The average molecular weight is 283 g/mol. The van der Waals surface area contributed by atoms with E-state index < -0.39 is 0 Å². The molecule has 3 saturated heterocycles. The molecule has 0 spiro atoms. The zero-order valence-corrected chi connectivity index (χ0v) is 12.6. The van der Waals surface area contributed by atoms with Crippen molar-refractivity contribution >= 4 is 16.9 Å². The molecule has 0 saturated carbocycles. The molecule has 0 amide bonds. The molecular formula is C16H21N5. The minimum atomic E-state index is 0.506. The Morgan fingerprint density at radius 1 is 1.19 bits per heavy atom. The molecule has 5 nitrogen and oxygen atoms in total. The van der Waals surface area contributed by atoms with Crippen molar-refractivity contribution in [2.24, 2.45) is 5.92 Å². The number of pyridine rings is 1. The number of aromatic nitrogens is 3. The lowest BCUT2D eigenvalue weighted by molar-refractivity contribution is 0.0974. The van der Waals surface area contributed by atoms with E-state index in [-0.39, 0.29) is 0 Å². The molecule has 2 aromatic heterocycles. The first-order valence-corrected chi connectivity index (χ1v) is 7.78. The largest absolute Gasteiger partial charge is 0.365 e. The summed E-state index contributed by atoms with van der Waals surface area (Å²) in [5.41, 5.74) is 3.00. The Balaban J connectivity index is 1.70. The fraction of sp³-hybridized carbons (Fsp3) is 0.562. The summed E-state index contributed by atoms with van der Waals surface area (Å²) in [7, 11) is 0. The molecule has 3 fully saturated rings. The second-order valence-corrected chi connectivity index (χ2v) is 6.39. The van der Waals surface area contributed by atoms with Crippen LogP contribution in [0.2, 0.25) is 0 Å². The molecule has 0 aromatic carbocycles. The highest BCUT2D eigenvalue weighted by molar-refractivity contribution is 5.89. The van der Waals surface area contributed by atoms with Crippen molar-refractivity contribution in [1.82, 2.24) is 19.9 Å². The summed E-state index contributed by atoms with van der Waals surface area (Å²) < 4.78 is 0. The Morgan fingerprint density at radius 2 is 2.00 bits per heavy atom. The topological polar surface area (TPSA) is 53.9 Å². The minimum absolute atomic E-state index is 0.506. The normalized spacial score (nSPS) is 28.0. The molecule has 3 aliphatic heterocycles. The maximum atomic E-state index is 4.54. The number of hydrogen-bond acceptors (Lipinski definition) is 5. The van der Waals surface area contributed by atoms with E-state index in [0.29, 0.717) is 6.04 Å². The van der Waals surface area contributed by atoms with Crippen LogP contribution in [0, 0.1) is 19.8 Å². The number of fused-ring (bicyclic) bond motifs is 4. The van der Waals surface area contributed by atoms with Crippen LogP contribution in [-0.4, -0.2) is 45.5 Å². The van der Waals surface area contributed by atoms with E-state index in [1.807, 2.05) is 6.92 Å². The third-order valence-electron chi connectivity index (χ3n) is 4.91. The van der Waals surface area contributed by atoms with E-state index in [0.717, 1.165) is 35.0 Å². The standard InChI is InChI=1S/C16H21N5/c1-10-7-11(2)19-15-14(10)16(18-9-17-15)20-13-8-21-5-3-12(13)4-6-21/h7,9,12-13H,3-6,8H2,1-2H3,(H,17,18,19,20)/t13-/m1/s1. The Morgan fingerprint density at radius 3 is 2.71 bits per heavy atom. The van der Waals surface area contributed by atoms with Crippen LogP contribution in [0.1, 0.15) is 24.1 Å². The van der Waals surface area contributed by atoms with Gasteiger partial charge in [0.1, 0.15) is 12.1 Å². The number of rotatable bonds is 2. The van der Waals surface area contributed by atoms with E-state index in [2.05, 4.69) is 38.2 Å². The van der Waals surface area contributed by atoms with E-state index in [1.54, 1.807) is 6.33 Å². The van der Waals surface area contributed by atoms with Gasteiger partial charge in [0.05, 0.1) is 5.39 Å². The van der Waals surface area contributed by atoms with Crippen LogP contribution < -0.4 is 5.32 Å². The number of piperidine rings is 3. The van der Waals surface area contributed by atoms with Crippen molar-refractivity contribution in [2.75, 3.05) is 25.0 Å². The molecule has 5 heteroatoms. The summed E-state index contributed by atoms with van der Waals surface area (Å²) in [5.74, 6) is 1.72. The van der Waals surface area contributed by atoms with E-state index in [4.69, 9.17) is 0 Å². The Hall–Kier alpha value is -1.75. The molecular weight excluding hydrogens is 262 g/mol. The molecule has 110 valence electrons. The number of aryl methyl sites for hydroxylation is 2. The van der Waals surface area contributed by atoms with Gasteiger partial charge in [0, 0.05) is 18.3 Å². The van der Waals surface area contributed by atoms with Gasteiger partial charge >= 0.3 is 0 Å². The second-order valence-electron chi connectivity index (χ2n) is 6.39. The van der Waals surface area contributed by atoms with Crippen molar-refractivity contribution < 1.29 is 0 Å². The zero-order chi connectivity index (χ0) is 14.4. The monoisotopic (exact) mass is 283 g/mol. The molecule has 0 aliphatic carbocycles. The zero-order valence-electron chi connectivity index (χ0n) is 12.6. The maximum Gasteiger partial charge on any atom is 0.165 e. The highest BCUT2D eigenvalue weighted by Crippen LogP contribution is 2.31. The van der Waals surface area contributed by atoms with Gasteiger partial charge in [-0.1, -0.05) is 0 Å². The van der Waals surface area contributed by atoms with Crippen LogP contribution in [0.4, 0.5) is 5.82 Å². The van der Waals surface area contributed by atoms with Gasteiger partial charge in [-0.05, 0) is 57.3 Å². The number of hydrogen-bond donors (Lipinski definition) is 1. The molecule has 0 unspecified atom stereocenters. The van der Waals surface area contributed by atoms with Gasteiger partial charge in [0.25, 0.3) is 0 Å². The third-order valence-corrected chi connectivity index (χ3v) is 4.91. The first-order valence-electron chi connectivity index (χ1n) is 7.78. The van der Waals surface area contributed by atoms with Crippen molar-refractivity contribution in [1.29, 1.82) is 0 Å². The van der Waals surface area contributed by atoms with Gasteiger partial charge in [-0.25, -0.2) is 15.0 Å². The van der Waals surface area contributed by atoms with Gasteiger partial charge in [-0.2, -0.15) is 0 Å². The van der Waals surface area contributed by atoms with Gasteiger partial charge in [-0.3, -0.25) is 0 Å². The molecule has 3 aliphatic rings. The Bertz CT molecular complexity index is 676. The van der Waals surface area contributed by atoms with Crippen LogP contribution in [-0.2, 0) is 0 Å². The van der Waals surface area contributed by atoms with Crippen molar-refractivity contribution in [3.63, 3.8) is 0 Å². The Kier molecular flexibility index (Phi) is 3.03. The number of nitrogens with one attached hydrogen (secondary N) is 1. The van der Waals surface area contributed by atoms with Crippen molar-refractivity contribution in [3.05, 3.63) is 23.7 Å².